The molecule has 0 spiro atoms. The lowest BCUT2D eigenvalue weighted by Crippen LogP contribution is -2.49. The number of nitrogens with one attached hydrogen (secondary N) is 1. The molecule has 2 saturated heterocycles. The van der Waals surface area contributed by atoms with Crippen molar-refractivity contribution in [3.05, 3.63) is 120 Å². The van der Waals surface area contributed by atoms with Gasteiger partial charge in [0.1, 0.15) is 36.3 Å². The number of pyridine rings is 3. The number of anilines is 1. The van der Waals surface area contributed by atoms with Crippen LogP contribution in [-0.2, 0) is 23.1 Å². The second kappa shape index (κ2) is 16.3. The van der Waals surface area contributed by atoms with Gasteiger partial charge in [0.05, 0.1) is 29.0 Å². The van der Waals surface area contributed by atoms with Crippen LogP contribution in [0.4, 0.5) is 5.69 Å². The second-order valence-electron chi connectivity index (χ2n) is 16.4. The van der Waals surface area contributed by atoms with Gasteiger partial charge >= 0.3 is 0 Å². The summed E-state index contributed by atoms with van der Waals surface area (Å²) in [5, 5.41) is 15.0. The summed E-state index contributed by atoms with van der Waals surface area (Å²) in [6.07, 6.45) is 12.1. The van der Waals surface area contributed by atoms with Crippen LogP contribution >= 0.6 is 0 Å². The largest absolute Gasteiger partial charge is 0.481 e. The van der Waals surface area contributed by atoms with Crippen LogP contribution in [0.1, 0.15) is 65.7 Å². The highest BCUT2D eigenvalue weighted by molar-refractivity contribution is 6.08. The van der Waals surface area contributed by atoms with E-state index in [1.807, 2.05) is 42.9 Å². The minimum atomic E-state index is -0.514. The van der Waals surface area contributed by atoms with Gasteiger partial charge in [0, 0.05) is 103 Å². The van der Waals surface area contributed by atoms with Gasteiger partial charge in [-0.05, 0) is 85.2 Å². The van der Waals surface area contributed by atoms with E-state index in [-0.39, 0.29) is 36.7 Å². The highest BCUT2D eigenvalue weighted by Gasteiger charge is 2.38. The zero-order valence-corrected chi connectivity index (χ0v) is 34.3. The Morgan fingerprint density at radius 1 is 0.887 bits per heavy atom. The summed E-state index contributed by atoms with van der Waals surface area (Å²) in [7, 11) is 2.08. The fraction of sp³-hybridized carbons (Fsp3) is 0.306. The molecule has 62 heavy (non-hydrogen) atoms. The predicted molar refractivity (Wildman–Crippen MR) is 233 cm³/mol. The molecule has 3 aliphatic heterocycles. The minimum absolute atomic E-state index is 0.0722. The number of nitrogens with zero attached hydrogens (tertiary/aromatic N) is 7. The monoisotopic (exact) mass is 824 g/mol. The molecule has 1 atom stereocenters. The van der Waals surface area contributed by atoms with Crippen LogP contribution in [0.3, 0.4) is 0 Å². The Morgan fingerprint density at radius 2 is 1.74 bits per heavy atom. The molecular weight excluding hydrogens is 781 g/mol. The van der Waals surface area contributed by atoms with Crippen LogP contribution in [0, 0.1) is 23.2 Å². The first-order chi connectivity index (χ1) is 30.3. The van der Waals surface area contributed by atoms with Crippen molar-refractivity contribution in [1.82, 2.24) is 29.7 Å². The van der Waals surface area contributed by atoms with E-state index in [9.17, 15) is 14.9 Å². The van der Waals surface area contributed by atoms with Crippen LogP contribution in [0.2, 0.25) is 0 Å². The summed E-state index contributed by atoms with van der Waals surface area (Å²) >= 11 is 0. The van der Waals surface area contributed by atoms with Crippen molar-refractivity contribution >= 4 is 39.3 Å². The number of ether oxygens (including phenoxy) is 3. The van der Waals surface area contributed by atoms with Gasteiger partial charge in [0.25, 0.3) is 5.91 Å². The van der Waals surface area contributed by atoms with Gasteiger partial charge in [-0.3, -0.25) is 14.6 Å². The molecule has 0 radical (unpaired) electrons. The number of nitriles is 1. The van der Waals surface area contributed by atoms with Gasteiger partial charge in [-0.25, -0.2) is 9.97 Å². The molecule has 2 aromatic carbocycles. The maximum atomic E-state index is 13.1. The molecule has 13 heteroatoms. The third kappa shape index (κ3) is 7.56. The molecule has 3 fully saturated rings. The third-order valence-electron chi connectivity index (χ3n) is 12.5. The molecule has 4 aromatic heterocycles. The Hall–Kier alpha value is -7.22. The second-order valence-corrected chi connectivity index (χ2v) is 16.4. The van der Waals surface area contributed by atoms with Crippen molar-refractivity contribution < 1.29 is 23.8 Å². The zero-order valence-electron chi connectivity index (χ0n) is 34.3. The van der Waals surface area contributed by atoms with Crippen molar-refractivity contribution in [2.24, 2.45) is 7.05 Å². The van der Waals surface area contributed by atoms with E-state index in [0.717, 1.165) is 77.6 Å². The summed E-state index contributed by atoms with van der Waals surface area (Å²) in [6, 6.07) is 21.5. The predicted octanol–water partition coefficient (Wildman–Crippen LogP) is 6.83. The van der Waals surface area contributed by atoms with E-state index in [2.05, 4.69) is 85.5 Å². The number of benzene rings is 2. The zero-order chi connectivity index (χ0) is 42.3. The summed E-state index contributed by atoms with van der Waals surface area (Å²) in [5.41, 5.74) is 8.40. The van der Waals surface area contributed by atoms with E-state index < -0.39 is 6.04 Å². The number of carbonyl (C=O) groups excluding carboxylic acids is 2. The fourth-order valence-electron chi connectivity index (χ4n) is 9.08. The average molecular weight is 825 g/mol. The topological polar surface area (TPSA) is 148 Å². The quantitative estimate of drug-likeness (QED) is 0.154. The number of allylic oxidation sites excluding steroid dienone is 1. The number of carbonyl (C=O) groups is 2. The molecule has 1 aliphatic carbocycles. The molecule has 1 saturated carbocycles. The summed E-state index contributed by atoms with van der Waals surface area (Å²) in [5.74, 6) is 6.97. The van der Waals surface area contributed by atoms with Crippen molar-refractivity contribution in [2.75, 3.05) is 24.6 Å². The van der Waals surface area contributed by atoms with Crippen LogP contribution in [0.5, 0.6) is 11.6 Å². The number of amides is 2. The SMILES string of the molecule is C=C1CCC(N2Cc3cc(OCC#Cc4cc(N5CCC(OC6CC(Oc7ccc(-c8ccc9c%10cnccc%10n(C)c9c8)cn7)C6)CC5)c(C#N)cn4)ccc3C2=O)C(=O)N1. The van der Waals surface area contributed by atoms with Crippen LogP contribution in [0.25, 0.3) is 32.9 Å². The molecule has 7 heterocycles. The Bertz CT molecular complexity index is 2860. The first-order valence-corrected chi connectivity index (χ1v) is 21.1. The Labute approximate surface area is 358 Å². The van der Waals surface area contributed by atoms with E-state index in [0.29, 0.717) is 53.5 Å². The Morgan fingerprint density at radius 3 is 2.55 bits per heavy atom. The van der Waals surface area contributed by atoms with E-state index in [1.165, 1.54) is 5.39 Å². The van der Waals surface area contributed by atoms with Crippen molar-refractivity contribution in [1.29, 1.82) is 5.26 Å². The number of fused-ring (bicyclic) bond motifs is 4. The number of piperidine rings is 2. The van der Waals surface area contributed by atoms with Crippen LogP contribution < -0.4 is 19.7 Å². The molecule has 2 amide bonds. The lowest BCUT2D eigenvalue weighted by Gasteiger charge is -2.40. The molecule has 10 rings (SSSR count). The van der Waals surface area contributed by atoms with Crippen molar-refractivity contribution in [3.63, 3.8) is 0 Å². The van der Waals surface area contributed by atoms with Gasteiger partial charge in [-0.2, -0.15) is 5.26 Å². The van der Waals surface area contributed by atoms with Crippen molar-refractivity contribution in [2.45, 2.75) is 69.4 Å². The first-order valence-electron chi connectivity index (χ1n) is 21.1. The molecule has 4 aliphatic rings. The first kappa shape index (κ1) is 38.9. The maximum Gasteiger partial charge on any atom is 0.255 e. The molecule has 310 valence electrons. The molecule has 0 bridgehead atoms. The Balaban J connectivity index is 0.682. The minimum Gasteiger partial charge on any atom is -0.481 e. The van der Waals surface area contributed by atoms with Crippen molar-refractivity contribution in [3.8, 4) is 40.7 Å². The van der Waals surface area contributed by atoms with E-state index in [1.54, 1.807) is 23.2 Å². The lowest BCUT2D eigenvalue weighted by molar-refractivity contribution is -0.126. The Kier molecular flexibility index (Phi) is 10.3. The van der Waals surface area contributed by atoms with Crippen LogP contribution in [-0.4, -0.2) is 80.3 Å². The molecule has 6 aromatic rings. The third-order valence-corrected chi connectivity index (χ3v) is 12.5. The highest BCUT2D eigenvalue weighted by Crippen LogP contribution is 2.35. The number of hydrogen-bond acceptors (Lipinski definition) is 10. The smallest absolute Gasteiger partial charge is 0.255 e. The summed E-state index contributed by atoms with van der Waals surface area (Å²) in [6.45, 7) is 5.80. The van der Waals surface area contributed by atoms with Gasteiger partial charge in [-0.1, -0.05) is 24.6 Å². The van der Waals surface area contributed by atoms with Crippen LogP contribution in [0.15, 0.2) is 97.7 Å². The van der Waals surface area contributed by atoms with Gasteiger partial charge < -0.3 is 33.9 Å². The standard InChI is InChI=1S/C49H44N8O5/c1-30-5-11-44(48(58)54-30)57-29-33-20-37(8-10-40(33)49(57)59)60-19-3-4-35-22-45(34(25-50)27-52-35)56-17-14-36(15-18-56)61-38-23-39(24-38)62-47-12-7-32(26-53-47)31-6-9-41-42-28-51-16-13-43(42)55(2)46(41)21-31/h6-10,12-13,16,20-22,26-28,36,38-39,44H,1,5,11,14-15,17-19,23-24,29H2,2H3,(H,54,58). The van der Waals surface area contributed by atoms with Gasteiger partial charge in [-0.15, -0.1) is 0 Å². The number of hydrogen-bond donors (Lipinski definition) is 1. The van der Waals surface area contributed by atoms with E-state index >= 15 is 0 Å². The number of aromatic nitrogens is 4. The van der Waals surface area contributed by atoms with Gasteiger partial charge in [0.15, 0.2) is 0 Å². The maximum absolute atomic E-state index is 13.1. The molecule has 1 N–H and O–H groups in total. The fourth-order valence-corrected chi connectivity index (χ4v) is 9.08. The molecule has 1 unspecified atom stereocenters. The summed E-state index contributed by atoms with van der Waals surface area (Å²) in [4.78, 5) is 42.8. The van der Waals surface area contributed by atoms with E-state index in [4.69, 9.17) is 14.2 Å². The van der Waals surface area contributed by atoms with Gasteiger partial charge in [0.2, 0.25) is 11.8 Å². The normalized spacial score (nSPS) is 20.0. The number of aryl methyl sites for hydroxylation is 1. The summed E-state index contributed by atoms with van der Waals surface area (Å²) < 4.78 is 20.8. The molecule has 13 nitrogen and oxygen atoms in total. The lowest BCUT2D eigenvalue weighted by atomic mass is 9.91. The molecular formula is C49H44N8O5. The number of rotatable bonds is 9. The highest BCUT2D eigenvalue weighted by atomic mass is 16.5. The average Bonchev–Trinajstić information content (AvgIpc) is 3.76.